The molecule has 0 unspecified atom stereocenters. The summed E-state index contributed by atoms with van der Waals surface area (Å²) in [5.74, 6) is 0.898. The zero-order chi connectivity index (χ0) is 23.6. The monoisotopic (exact) mass is 427 g/mol. The Balaban J connectivity index is 1.93. The van der Waals surface area contributed by atoms with Crippen LogP contribution < -0.4 is 9.47 Å². The smallest absolute Gasteiger partial charge is 0.344 e. The highest BCUT2D eigenvalue weighted by molar-refractivity contribution is 5.95. The molecule has 32 heavy (non-hydrogen) atoms. The predicted molar refractivity (Wildman–Crippen MR) is 126 cm³/mol. The molecule has 0 saturated carbocycles. The van der Waals surface area contributed by atoms with Crippen LogP contribution in [0.25, 0.3) is 0 Å². The topological polar surface area (TPSA) is 59.3 Å². The van der Waals surface area contributed by atoms with Gasteiger partial charge in [0.05, 0.1) is 17.2 Å². The molecule has 4 heteroatoms. The molecule has 3 rings (SSSR count). The quantitative estimate of drug-likeness (QED) is 0.344. The molecule has 0 saturated heterocycles. The molecule has 0 heterocycles. The van der Waals surface area contributed by atoms with Crippen LogP contribution in [0.1, 0.15) is 60.4 Å². The Bertz CT molecular complexity index is 1210. The highest BCUT2D eigenvalue weighted by atomic mass is 16.5. The van der Waals surface area contributed by atoms with E-state index in [9.17, 15) is 10.1 Å². The average Bonchev–Trinajstić information content (AvgIpc) is 2.78. The summed E-state index contributed by atoms with van der Waals surface area (Å²) >= 11 is 0. The number of carbonyl (C=O) groups excluding carboxylic acids is 1. The van der Waals surface area contributed by atoms with Gasteiger partial charge >= 0.3 is 5.97 Å². The Kier molecular flexibility index (Phi) is 6.69. The van der Waals surface area contributed by atoms with E-state index in [1.165, 1.54) is 0 Å². The number of benzene rings is 3. The summed E-state index contributed by atoms with van der Waals surface area (Å²) in [4.78, 5) is 13.3. The Morgan fingerprint density at radius 2 is 1.44 bits per heavy atom. The molecule has 0 N–H and O–H groups in total. The van der Waals surface area contributed by atoms with Gasteiger partial charge < -0.3 is 9.47 Å². The van der Waals surface area contributed by atoms with Gasteiger partial charge in [0.1, 0.15) is 18.1 Å². The normalized spacial score (nSPS) is 10.6. The van der Waals surface area contributed by atoms with Gasteiger partial charge in [-0.15, -0.1) is 0 Å². The summed E-state index contributed by atoms with van der Waals surface area (Å²) in [6.07, 6.45) is 0. The molecule has 0 amide bonds. The van der Waals surface area contributed by atoms with Crippen LogP contribution in [0, 0.1) is 59.8 Å². The van der Waals surface area contributed by atoms with Crippen molar-refractivity contribution in [1.29, 1.82) is 5.26 Å². The average molecular weight is 428 g/mol. The van der Waals surface area contributed by atoms with Gasteiger partial charge in [-0.05, 0) is 99.0 Å². The maximum absolute atomic E-state index is 13.3. The van der Waals surface area contributed by atoms with E-state index in [0.29, 0.717) is 23.5 Å². The van der Waals surface area contributed by atoms with Crippen molar-refractivity contribution >= 4 is 5.97 Å². The first-order chi connectivity index (χ1) is 15.2. The molecular weight excluding hydrogens is 398 g/mol. The number of rotatable bonds is 5. The highest BCUT2D eigenvalue weighted by Crippen LogP contribution is 2.34. The van der Waals surface area contributed by atoms with Gasteiger partial charge in [0.2, 0.25) is 0 Å². The lowest BCUT2D eigenvalue weighted by atomic mass is 9.93. The molecule has 0 aliphatic carbocycles. The predicted octanol–water partition coefficient (Wildman–Crippen LogP) is 6.52. The Labute approximate surface area is 190 Å². The van der Waals surface area contributed by atoms with E-state index in [4.69, 9.17) is 9.47 Å². The fourth-order valence-corrected chi connectivity index (χ4v) is 3.99. The lowest BCUT2D eigenvalue weighted by Crippen LogP contribution is -2.16. The molecule has 0 aromatic heterocycles. The summed E-state index contributed by atoms with van der Waals surface area (Å²) < 4.78 is 12.0. The minimum absolute atomic E-state index is 0.396. The molecular formula is C28H29NO3. The van der Waals surface area contributed by atoms with Crippen LogP contribution in [0.2, 0.25) is 0 Å². The molecule has 4 nitrogen and oxygen atoms in total. The molecule has 3 aromatic carbocycles. The molecule has 0 atom stereocenters. The number of hydrogen-bond donors (Lipinski definition) is 0. The zero-order valence-corrected chi connectivity index (χ0v) is 19.8. The molecule has 0 spiro atoms. The van der Waals surface area contributed by atoms with Crippen molar-refractivity contribution in [3.05, 3.63) is 92.0 Å². The van der Waals surface area contributed by atoms with Gasteiger partial charge in [0.15, 0.2) is 0 Å². The van der Waals surface area contributed by atoms with E-state index in [-0.39, 0.29) is 0 Å². The lowest BCUT2D eigenvalue weighted by molar-refractivity contribution is 0.0730. The first-order valence-electron chi connectivity index (χ1n) is 10.7. The summed E-state index contributed by atoms with van der Waals surface area (Å²) in [6.45, 7) is 13.8. The first-order valence-corrected chi connectivity index (χ1v) is 10.7. The fourth-order valence-electron chi connectivity index (χ4n) is 3.99. The van der Waals surface area contributed by atoms with Crippen molar-refractivity contribution in [3.8, 4) is 17.6 Å². The summed E-state index contributed by atoms with van der Waals surface area (Å²) in [5, 5.41) is 9.48. The van der Waals surface area contributed by atoms with Crippen molar-refractivity contribution < 1.29 is 14.3 Å². The van der Waals surface area contributed by atoms with E-state index in [2.05, 4.69) is 6.07 Å². The van der Waals surface area contributed by atoms with Gasteiger partial charge in [-0.1, -0.05) is 30.3 Å². The molecule has 0 fully saturated rings. The van der Waals surface area contributed by atoms with E-state index in [1.807, 2.05) is 84.9 Å². The van der Waals surface area contributed by atoms with Crippen LogP contribution >= 0.6 is 0 Å². The van der Waals surface area contributed by atoms with Crippen LogP contribution in [-0.2, 0) is 6.61 Å². The van der Waals surface area contributed by atoms with Gasteiger partial charge in [0, 0.05) is 0 Å². The summed E-state index contributed by atoms with van der Waals surface area (Å²) in [7, 11) is 0. The van der Waals surface area contributed by atoms with E-state index < -0.39 is 5.97 Å². The minimum atomic E-state index is -0.396. The second-order valence-corrected chi connectivity index (χ2v) is 8.30. The SMILES string of the molecule is Cc1cc(OCc2ccccc2)c(C)c(C)c1C(=O)Oc1c(C)c(C)c(C#N)c(C)c1C. The van der Waals surface area contributed by atoms with Crippen molar-refractivity contribution in [2.24, 2.45) is 0 Å². The molecule has 0 bridgehead atoms. The zero-order valence-electron chi connectivity index (χ0n) is 19.8. The lowest BCUT2D eigenvalue weighted by Gasteiger charge is -2.19. The number of ether oxygens (including phenoxy) is 2. The first kappa shape index (κ1) is 23.1. The molecule has 0 aliphatic rings. The Hall–Kier alpha value is -3.58. The van der Waals surface area contributed by atoms with Crippen LogP contribution in [0.5, 0.6) is 11.5 Å². The highest BCUT2D eigenvalue weighted by Gasteiger charge is 2.23. The summed E-state index contributed by atoms with van der Waals surface area (Å²) in [6, 6.07) is 14.1. The largest absolute Gasteiger partial charge is 0.489 e. The number of hydrogen-bond acceptors (Lipinski definition) is 4. The van der Waals surface area contributed by atoms with Gasteiger partial charge in [-0.3, -0.25) is 0 Å². The van der Waals surface area contributed by atoms with Crippen LogP contribution in [0.15, 0.2) is 36.4 Å². The van der Waals surface area contributed by atoms with E-state index in [0.717, 1.165) is 50.3 Å². The number of nitriles is 1. The second-order valence-electron chi connectivity index (χ2n) is 8.30. The molecule has 164 valence electrons. The van der Waals surface area contributed by atoms with E-state index >= 15 is 0 Å². The third kappa shape index (κ3) is 4.24. The van der Waals surface area contributed by atoms with Gasteiger partial charge in [-0.2, -0.15) is 5.26 Å². The van der Waals surface area contributed by atoms with Crippen molar-refractivity contribution in [2.75, 3.05) is 0 Å². The third-order valence-electron chi connectivity index (χ3n) is 6.35. The van der Waals surface area contributed by atoms with Crippen molar-refractivity contribution in [2.45, 2.75) is 55.1 Å². The van der Waals surface area contributed by atoms with Gasteiger partial charge in [-0.25, -0.2) is 4.79 Å². The Morgan fingerprint density at radius 1 is 0.844 bits per heavy atom. The van der Waals surface area contributed by atoms with Crippen LogP contribution in [0.4, 0.5) is 0 Å². The molecule has 0 radical (unpaired) electrons. The number of nitrogens with zero attached hydrogens (tertiary/aromatic N) is 1. The van der Waals surface area contributed by atoms with Crippen LogP contribution in [-0.4, -0.2) is 5.97 Å². The van der Waals surface area contributed by atoms with Crippen molar-refractivity contribution in [1.82, 2.24) is 0 Å². The standard InChI is InChI=1S/C28H29NO3/c1-16-13-25(31-15-23-11-9-8-10-12-23)19(4)20(5)26(16)28(30)32-27-21(6)17(2)24(14-29)18(3)22(27)7/h8-13H,15H2,1-7H3. The van der Waals surface area contributed by atoms with Crippen molar-refractivity contribution in [3.63, 3.8) is 0 Å². The number of aryl methyl sites for hydroxylation is 1. The maximum Gasteiger partial charge on any atom is 0.344 e. The minimum Gasteiger partial charge on any atom is -0.489 e. The number of esters is 1. The summed E-state index contributed by atoms with van der Waals surface area (Å²) in [5.41, 5.74) is 8.15. The Morgan fingerprint density at radius 3 is 2.00 bits per heavy atom. The second kappa shape index (κ2) is 9.28. The van der Waals surface area contributed by atoms with E-state index in [1.54, 1.807) is 0 Å². The molecule has 3 aromatic rings. The third-order valence-corrected chi connectivity index (χ3v) is 6.35. The maximum atomic E-state index is 13.3. The molecule has 0 aliphatic heterocycles. The fraction of sp³-hybridized carbons (Fsp3) is 0.286. The van der Waals surface area contributed by atoms with Crippen LogP contribution in [0.3, 0.4) is 0 Å². The van der Waals surface area contributed by atoms with Gasteiger partial charge in [0.25, 0.3) is 0 Å². The number of carbonyl (C=O) groups is 1.